The van der Waals surface area contributed by atoms with E-state index in [0.29, 0.717) is 13.2 Å². The third kappa shape index (κ3) is 6.07. The molecule has 0 radical (unpaired) electrons. The molecule has 0 bridgehead atoms. The summed E-state index contributed by atoms with van der Waals surface area (Å²) in [4.78, 5) is 0. The van der Waals surface area contributed by atoms with Crippen molar-refractivity contribution in [1.29, 1.82) is 0 Å². The molecule has 0 spiro atoms. The van der Waals surface area contributed by atoms with Crippen molar-refractivity contribution in [1.82, 2.24) is 0 Å². The molecule has 0 atom stereocenters. The molecule has 3 heteroatoms. The number of benzene rings is 2. The van der Waals surface area contributed by atoms with Crippen LogP contribution in [0.2, 0.25) is 0 Å². The first-order chi connectivity index (χ1) is 8.45. The minimum absolute atomic E-state index is 0.676. The molecular weight excluding hydrogens is 342 g/mol. The summed E-state index contributed by atoms with van der Waals surface area (Å²) in [6.45, 7) is 1.35. The molecule has 2 aromatic carbocycles. The molecule has 0 N–H and O–H groups in total. The molecule has 0 heterocycles. The van der Waals surface area contributed by atoms with Crippen molar-refractivity contribution in [2.24, 2.45) is 0 Å². The van der Waals surface area contributed by atoms with E-state index >= 15 is 0 Å². The zero-order chi connectivity index (χ0) is 12.3. The van der Waals surface area contributed by atoms with E-state index in [1.165, 1.54) is 11.1 Å². The summed E-state index contributed by atoms with van der Waals surface area (Å²) < 4.78 is 5.61. The Morgan fingerprint density at radius 3 is 1.35 bits per heavy atom. The minimum Gasteiger partial charge on any atom is -0.372 e. The molecule has 0 amide bonds. The molecule has 2 aromatic rings. The second-order valence-corrected chi connectivity index (χ2v) is 3.46. The Labute approximate surface area is 118 Å². The normalized spacial score (nSPS) is 9.29. The monoisotopic (exact) mass is 360 g/mol. The van der Waals surface area contributed by atoms with Gasteiger partial charge in [-0.3, -0.25) is 0 Å². The molecule has 0 saturated heterocycles. The van der Waals surface area contributed by atoms with Gasteiger partial charge < -0.3 is 4.74 Å². The predicted molar refractivity (Wildman–Crippen MR) is 75.7 cm³/mol. The first-order valence-electron chi connectivity index (χ1n) is 5.31. The summed E-state index contributed by atoms with van der Waals surface area (Å²) >= 11 is 4.50. The number of hydrogen-bond acceptors (Lipinski definition) is 1. The fourth-order valence-electron chi connectivity index (χ4n) is 1.44. The molecule has 0 saturated carbocycles. The van der Waals surface area contributed by atoms with Crippen LogP contribution in [0.1, 0.15) is 11.1 Å². The second-order valence-electron chi connectivity index (χ2n) is 3.46. The van der Waals surface area contributed by atoms with E-state index in [4.69, 9.17) is 4.74 Å². The number of hydrogen-bond donors (Lipinski definition) is 0. The van der Waals surface area contributed by atoms with Gasteiger partial charge in [-0.1, -0.05) is 60.7 Å². The summed E-state index contributed by atoms with van der Waals surface area (Å²) in [6, 6.07) is 20.4. The van der Waals surface area contributed by atoms with Gasteiger partial charge in [-0.2, -0.15) is 0 Å². The van der Waals surface area contributed by atoms with Crippen molar-refractivity contribution in [3.8, 4) is 0 Å². The SMILES string of the molecule is [SeH][SeH].c1ccc(COCc2ccccc2)cc1. The maximum Gasteiger partial charge on any atom is 0.0721 e. The van der Waals surface area contributed by atoms with E-state index < -0.39 is 0 Å². The van der Waals surface area contributed by atoms with Crippen LogP contribution in [0.25, 0.3) is 0 Å². The van der Waals surface area contributed by atoms with Gasteiger partial charge in [0.2, 0.25) is 0 Å². The molecule has 0 aliphatic rings. The quantitative estimate of drug-likeness (QED) is 0.761. The molecular formula is C14H16OSe2. The molecule has 0 aliphatic heterocycles. The van der Waals surface area contributed by atoms with Gasteiger partial charge in [0.15, 0.2) is 0 Å². The van der Waals surface area contributed by atoms with E-state index in [9.17, 15) is 0 Å². The van der Waals surface area contributed by atoms with Gasteiger partial charge in [-0.05, 0) is 11.1 Å². The number of ether oxygens (including phenoxy) is 1. The summed E-state index contributed by atoms with van der Waals surface area (Å²) in [5, 5.41) is 0. The van der Waals surface area contributed by atoms with Gasteiger partial charge >= 0.3 is 28.4 Å². The first kappa shape index (κ1) is 14.5. The van der Waals surface area contributed by atoms with E-state index in [1.54, 1.807) is 0 Å². The van der Waals surface area contributed by atoms with Crippen molar-refractivity contribution in [2.45, 2.75) is 13.2 Å². The topological polar surface area (TPSA) is 9.23 Å². The standard InChI is InChI=1S/C14H14O.H2Se2/c1-3-7-13(8-4-1)11-15-12-14-9-5-2-6-10-14;1-2/h1-10H,11-12H2;1-2H. The predicted octanol–water partition coefficient (Wildman–Crippen LogP) is 2.11. The van der Waals surface area contributed by atoms with Crippen molar-refractivity contribution in [3.63, 3.8) is 0 Å². The van der Waals surface area contributed by atoms with Crippen LogP contribution in [-0.2, 0) is 18.0 Å². The van der Waals surface area contributed by atoms with Crippen molar-refractivity contribution >= 4 is 28.4 Å². The fraction of sp³-hybridized carbons (Fsp3) is 0.143. The zero-order valence-corrected chi connectivity index (χ0v) is 13.2. The minimum atomic E-state index is 0.676. The van der Waals surface area contributed by atoms with Crippen molar-refractivity contribution < 1.29 is 4.74 Å². The first-order valence-corrected chi connectivity index (χ1v) is 10.5. The van der Waals surface area contributed by atoms with Gasteiger partial charge in [0.25, 0.3) is 0 Å². The van der Waals surface area contributed by atoms with Gasteiger partial charge in [0, 0.05) is 0 Å². The maximum absolute atomic E-state index is 5.61. The van der Waals surface area contributed by atoms with Crippen LogP contribution in [0.15, 0.2) is 60.7 Å². The van der Waals surface area contributed by atoms with Crippen LogP contribution in [-0.4, -0.2) is 28.4 Å². The molecule has 2 rings (SSSR count). The van der Waals surface area contributed by atoms with E-state index in [2.05, 4.69) is 52.6 Å². The smallest absolute Gasteiger partial charge is 0.0721 e. The summed E-state index contributed by atoms with van der Waals surface area (Å²) in [6.07, 6.45) is 0. The van der Waals surface area contributed by atoms with E-state index in [0.717, 1.165) is 0 Å². The average molecular weight is 358 g/mol. The van der Waals surface area contributed by atoms with Crippen LogP contribution >= 0.6 is 0 Å². The van der Waals surface area contributed by atoms with Crippen molar-refractivity contribution in [3.05, 3.63) is 71.8 Å². The summed E-state index contributed by atoms with van der Waals surface area (Å²) in [5.74, 6) is 0. The Balaban J connectivity index is 0.000000686. The molecule has 0 fully saturated rings. The zero-order valence-electron chi connectivity index (χ0n) is 9.49. The van der Waals surface area contributed by atoms with Gasteiger partial charge in [0.1, 0.15) is 0 Å². The number of rotatable bonds is 4. The third-order valence-corrected chi connectivity index (χ3v) is 2.22. The summed E-state index contributed by atoms with van der Waals surface area (Å²) in [7, 11) is 0. The Bertz CT molecular complexity index is 350. The molecule has 17 heavy (non-hydrogen) atoms. The van der Waals surface area contributed by atoms with Crippen LogP contribution in [0, 0.1) is 0 Å². The molecule has 90 valence electrons. The maximum atomic E-state index is 5.61. The fourth-order valence-corrected chi connectivity index (χ4v) is 1.44. The van der Waals surface area contributed by atoms with Gasteiger partial charge in [-0.25, -0.2) is 0 Å². The third-order valence-electron chi connectivity index (χ3n) is 2.22. The van der Waals surface area contributed by atoms with Gasteiger partial charge in [-0.15, -0.1) is 0 Å². The Kier molecular flexibility index (Phi) is 8.07. The van der Waals surface area contributed by atoms with E-state index in [-0.39, 0.29) is 0 Å². The summed E-state index contributed by atoms with van der Waals surface area (Å²) in [5.41, 5.74) is 2.43. The molecule has 0 unspecified atom stereocenters. The van der Waals surface area contributed by atoms with Crippen molar-refractivity contribution in [2.75, 3.05) is 0 Å². The average Bonchev–Trinajstić information content (AvgIpc) is 2.43. The van der Waals surface area contributed by atoms with E-state index in [1.807, 2.05) is 36.4 Å². The molecule has 1 nitrogen and oxygen atoms in total. The molecule has 0 aliphatic carbocycles. The van der Waals surface area contributed by atoms with Crippen LogP contribution in [0.3, 0.4) is 0 Å². The van der Waals surface area contributed by atoms with Crippen LogP contribution < -0.4 is 0 Å². The molecule has 0 aromatic heterocycles. The Hall–Kier alpha value is -0.561. The van der Waals surface area contributed by atoms with Gasteiger partial charge in [0.05, 0.1) is 13.2 Å². The second kappa shape index (κ2) is 9.47. The van der Waals surface area contributed by atoms with Crippen LogP contribution in [0.4, 0.5) is 0 Å². The largest absolute Gasteiger partial charge is 0.372 e. The Morgan fingerprint density at radius 2 is 1.00 bits per heavy atom. The Morgan fingerprint density at radius 1 is 0.647 bits per heavy atom. The van der Waals surface area contributed by atoms with Crippen LogP contribution in [0.5, 0.6) is 0 Å².